The number of thiazole rings is 1. The molecule has 0 saturated carbocycles. The molecular weight excluding hydrogens is 181 g/mol. The molecule has 0 aliphatic heterocycles. The molecule has 1 rings (SSSR count). The molecule has 0 aliphatic carbocycles. The zero-order chi connectivity index (χ0) is 5.11. The molecule has 0 atom stereocenters. The van der Waals surface area contributed by atoms with Gasteiger partial charge in [-0.3, -0.25) is 4.79 Å². The second-order valence-electron chi connectivity index (χ2n) is 0.988. The summed E-state index contributed by atoms with van der Waals surface area (Å²) in [5.74, 6) is 0. The Hall–Kier alpha value is -0.120. The smallest absolute Gasteiger partial charge is 0.178 e. The van der Waals surface area contributed by atoms with Crippen LogP contribution in [0.15, 0.2) is 11.6 Å². The summed E-state index contributed by atoms with van der Waals surface area (Å²) in [5.41, 5.74) is 0. The average Bonchev–Trinajstić information content (AvgIpc) is 2.14. The quantitative estimate of drug-likeness (QED) is 0.626. The first-order chi connectivity index (χ1) is 3.43. The molecule has 0 saturated heterocycles. The van der Waals surface area contributed by atoms with E-state index < -0.39 is 0 Å². The first-order valence-electron chi connectivity index (χ1n) is 1.78. The molecule has 0 bridgehead atoms. The summed E-state index contributed by atoms with van der Waals surface area (Å²) in [5, 5.41) is 2.31. The van der Waals surface area contributed by atoms with Crippen molar-refractivity contribution in [2.75, 3.05) is 0 Å². The first kappa shape index (κ1) is 11.6. The van der Waals surface area contributed by atoms with Crippen LogP contribution in [0.4, 0.5) is 0 Å². The molecule has 9 heavy (non-hydrogen) atoms. The van der Waals surface area contributed by atoms with Crippen molar-refractivity contribution in [3.63, 3.8) is 0 Å². The molecule has 0 radical (unpaired) electrons. The van der Waals surface area contributed by atoms with Gasteiger partial charge in [-0.2, -0.15) is 0 Å². The van der Waals surface area contributed by atoms with Gasteiger partial charge < -0.3 is 0 Å². The number of rotatable bonds is 1. The molecular formula is C4H5Cl2NOS. The van der Waals surface area contributed by atoms with Gasteiger partial charge in [0.2, 0.25) is 0 Å². The minimum Gasteiger partial charge on any atom is -0.295 e. The van der Waals surface area contributed by atoms with Crippen LogP contribution in [-0.2, 0) is 0 Å². The highest BCUT2D eigenvalue weighted by Gasteiger charge is 1.84. The Morgan fingerprint density at radius 2 is 2.22 bits per heavy atom. The van der Waals surface area contributed by atoms with Gasteiger partial charge in [0.1, 0.15) is 0 Å². The number of carbonyl (C=O) groups is 1. The Labute approximate surface area is 69.1 Å². The number of hydrogen-bond acceptors (Lipinski definition) is 3. The lowest BCUT2D eigenvalue weighted by atomic mass is 10.8. The predicted octanol–water partition coefficient (Wildman–Crippen LogP) is 1.80. The summed E-state index contributed by atoms with van der Waals surface area (Å²) in [6, 6.07) is 0. The van der Waals surface area contributed by atoms with E-state index in [1.165, 1.54) is 11.3 Å². The summed E-state index contributed by atoms with van der Waals surface area (Å²) < 4.78 is 0. The van der Waals surface area contributed by atoms with Crippen LogP contribution in [-0.4, -0.2) is 11.3 Å². The molecule has 52 valence electrons. The zero-order valence-electron chi connectivity index (χ0n) is 4.31. The van der Waals surface area contributed by atoms with E-state index in [2.05, 4.69) is 4.98 Å². The lowest BCUT2D eigenvalue weighted by molar-refractivity contribution is 0.112. The molecule has 0 amide bonds. The highest BCUT2D eigenvalue weighted by molar-refractivity contribution is 7.11. The van der Waals surface area contributed by atoms with Crippen LogP contribution < -0.4 is 0 Å². The molecule has 2 nitrogen and oxygen atoms in total. The fraction of sp³-hybridized carbons (Fsp3) is 0. The molecule has 1 aromatic rings. The van der Waals surface area contributed by atoms with Gasteiger partial charge in [-0.05, 0) is 0 Å². The Morgan fingerprint density at radius 1 is 1.56 bits per heavy atom. The number of aldehydes is 1. The Balaban J connectivity index is 0. The molecule has 0 N–H and O–H groups in total. The van der Waals surface area contributed by atoms with Crippen LogP contribution in [0.25, 0.3) is 0 Å². The van der Waals surface area contributed by atoms with Crippen LogP contribution in [0.2, 0.25) is 0 Å². The molecule has 0 aliphatic rings. The monoisotopic (exact) mass is 185 g/mol. The molecule has 0 unspecified atom stereocenters. The van der Waals surface area contributed by atoms with Gasteiger partial charge in [-0.25, -0.2) is 4.98 Å². The standard InChI is InChI=1S/C4H3NOS.2ClH/c6-3-4-5-1-2-7-4;;/h1-3H;2*1H. The van der Waals surface area contributed by atoms with E-state index in [0.29, 0.717) is 5.01 Å². The third-order valence-corrected chi connectivity index (χ3v) is 1.25. The van der Waals surface area contributed by atoms with Crippen LogP contribution in [0.5, 0.6) is 0 Å². The molecule has 0 fully saturated rings. The zero-order valence-corrected chi connectivity index (χ0v) is 6.76. The molecule has 0 spiro atoms. The van der Waals surface area contributed by atoms with E-state index in [4.69, 9.17) is 0 Å². The van der Waals surface area contributed by atoms with Crippen molar-refractivity contribution >= 4 is 42.4 Å². The van der Waals surface area contributed by atoms with E-state index in [1.807, 2.05) is 0 Å². The highest BCUT2D eigenvalue weighted by Crippen LogP contribution is 1.97. The van der Waals surface area contributed by atoms with E-state index in [1.54, 1.807) is 11.6 Å². The predicted molar refractivity (Wildman–Crippen MR) is 42.0 cm³/mol. The van der Waals surface area contributed by atoms with Crippen LogP contribution in [0, 0.1) is 0 Å². The summed E-state index contributed by atoms with van der Waals surface area (Å²) in [7, 11) is 0. The number of hydrogen-bond donors (Lipinski definition) is 0. The van der Waals surface area contributed by atoms with Gasteiger partial charge in [0, 0.05) is 11.6 Å². The highest BCUT2D eigenvalue weighted by atomic mass is 35.5. The minimum absolute atomic E-state index is 0. The minimum atomic E-state index is 0. The third-order valence-electron chi connectivity index (χ3n) is 0.552. The summed E-state index contributed by atoms with van der Waals surface area (Å²) in [6.45, 7) is 0. The van der Waals surface area contributed by atoms with Gasteiger partial charge in [0.25, 0.3) is 0 Å². The van der Waals surface area contributed by atoms with E-state index in [-0.39, 0.29) is 24.8 Å². The normalized spacial score (nSPS) is 6.67. The van der Waals surface area contributed by atoms with Gasteiger partial charge in [-0.1, -0.05) is 0 Å². The number of aromatic nitrogens is 1. The fourth-order valence-electron chi connectivity index (χ4n) is 0.293. The fourth-order valence-corrected chi connectivity index (χ4v) is 0.731. The van der Waals surface area contributed by atoms with Gasteiger partial charge in [0.05, 0.1) is 0 Å². The van der Waals surface area contributed by atoms with Crippen LogP contribution in [0.1, 0.15) is 9.80 Å². The first-order valence-corrected chi connectivity index (χ1v) is 2.66. The second-order valence-corrected chi connectivity index (χ2v) is 1.91. The van der Waals surface area contributed by atoms with Crippen LogP contribution >= 0.6 is 36.2 Å². The number of carbonyl (C=O) groups excluding carboxylic acids is 1. The van der Waals surface area contributed by atoms with E-state index in [9.17, 15) is 4.79 Å². The maximum atomic E-state index is 9.82. The van der Waals surface area contributed by atoms with Crippen molar-refractivity contribution in [2.45, 2.75) is 0 Å². The van der Waals surface area contributed by atoms with Crippen molar-refractivity contribution in [3.05, 3.63) is 16.6 Å². The molecule has 5 heteroatoms. The Morgan fingerprint density at radius 3 is 2.44 bits per heavy atom. The van der Waals surface area contributed by atoms with Gasteiger partial charge in [-0.15, -0.1) is 36.2 Å². The molecule has 1 aromatic heterocycles. The van der Waals surface area contributed by atoms with Crippen molar-refractivity contribution in [2.24, 2.45) is 0 Å². The van der Waals surface area contributed by atoms with Gasteiger partial charge >= 0.3 is 0 Å². The van der Waals surface area contributed by atoms with Crippen molar-refractivity contribution in [1.82, 2.24) is 4.98 Å². The summed E-state index contributed by atoms with van der Waals surface area (Å²) in [4.78, 5) is 13.5. The molecule has 1 heterocycles. The average molecular weight is 186 g/mol. The lowest BCUT2D eigenvalue weighted by Gasteiger charge is -1.65. The maximum Gasteiger partial charge on any atom is 0.178 e. The SMILES string of the molecule is Cl.Cl.O=Cc1nccs1. The topological polar surface area (TPSA) is 30.0 Å². The van der Waals surface area contributed by atoms with E-state index >= 15 is 0 Å². The number of halogens is 2. The largest absolute Gasteiger partial charge is 0.295 e. The van der Waals surface area contributed by atoms with Gasteiger partial charge in [0.15, 0.2) is 11.3 Å². The van der Waals surface area contributed by atoms with Crippen molar-refractivity contribution in [1.29, 1.82) is 0 Å². The Kier molecular flexibility index (Phi) is 7.77. The number of nitrogens with zero attached hydrogens (tertiary/aromatic N) is 1. The Bertz CT molecular complexity index is 154. The van der Waals surface area contributed by atoms with Crippen molar-refractivity contribution in [3.8, 4) is 0 Å². The summed E-state index contributed by atoms with van der Waals surface area (Å²) in [6.07, 6.45) is 2.35. The second kappa shape index (κ2) is 6.01. The van der Waals surface area contributed by atoms with Crippen LogP contribution in [0.3, 0.4) is 0 Å². The maximum absolute atomic E-state index is 9.82. The third kappa shape index (κ3) is 3.46. The van der Waals surface area contributed by atoms with E-state index in [0.717, 1.165) is 6.29 Å². The summed E-state index contributed by atoms with van der Waals surface area (Å²) >= 11 is 1.34. The lowest BCUT2D eigenvalue weighted by Crippen LogP contribution is -1.69. The van der Waals surface area contributed by atoms with Crippen molar-refractivity contribution < 1.29 is 4.79 Å². The molecule has 0 aromatic carbocycles.